The molecule has 9 nitrogen and oxygen atoms in total. The molecule has 1 aliphatic rings. The number of nitrogens with zero attached hydrogens (tertiary/aromatic N) is 4. The largest absolute Gasteiger partial charge is 0.433 e. The van der Waals surface area contributed by atoms with Gasteiger partial charge in [0, 0.05) is 22.6 Å². The molecule has 110 valence electrons. The van der Waals surface area contributed by atoms with Gasteiger partial charge in [-0.25, -0.2) is 4.52 Å². The van der Waals surface area contributed by atoms with E-state index < -0.39 is 24.9 Å². The van der Waals surface area contributed by atoms with Gasteiger partial charge in [0.1, 0.15) is 17.8 Å². The van der Waals surface area contributed by atoms with Crippen LogP contribution in [0.2, 0.25) is 0 Å². The summed E-state index contributed by atoms with van der Waals surface area (Å²) in [6.45, 7) is 0.485. The first-order chi connectivity index (χ1) is 9.69. The standard InChI is InChI=1S/C11H17N4O5/c12-14-13-3-1-2-4-15-11-7(6-19-15)9(17)10(18)8(5-16)20-11/h6,8-10,16-18H,1-5H2/q+1/t8?,9-,10-/m1/s1. The van der Waals surface area contributed by atoms with E-state index >= 15 is 0 Å². The van der Waals surface area contributed by atoms with E-state index in [-0.39, 0.29) is 0 Å². The number of hydrogen-bond acceptors (Lipinski definition) is 6. The molecule has 1 unspecified atom stereocenters. The van der Waals surface area contributed by atoms with Gasteiger partial charge >= 0.3 is 5.88 Å². The summed E-state index contributed by atoms with van der Waals surface area (Å²) in [4.78, 5) is 2.66. The van der Waals surface area contributed by atoms with Crippen LogP contribution in [0.4, 0.5) is 0 Å². The Kier molecular flexibility index (Phi) is 4.80. The Hall–Kier alpha value is -1.80. The predicted molar refractivity (Wildman–Crippen MR) is 64.6 cm³/mol. The zero-order valence-corrected chi connectivity index (χ0v) is 10.8. The molecule has 0 aliphatic carbocycles. The van der Waals surface area contributed by atoms with E-state index in [0.29, 0.717) is 37.4 Å². The van der Waals surface area contributed by atoms with Crippen LogP contribution in [0.1, 0.15) is 24.5 Å². The van der Waals surface area contributed by atoms with Gasteiger partial charge in [-0.2, -0.15) is 0 Å². The lowest BCUT2D eigenvalue weighted by molar-refractivity contribution is -0.866. The smallest absolute Gasteiger partial charge is 0.421 e. The molecule has 3 atom stereocenters. The summed E-state index contributed by atoms with van der Waals surface area (Å²) < 4.78 is 12.2. The Morgan fingerprint density at radius 3 is 2.90 bits per heavy atom. The Labute approximate surface area is 114 Å². The SMILES string of the molecule is [N-]=[N+]=NCCCC[n+]1occ2c1OC(CO)[C@@H](O)[C@@H]2O. The van der Waals surface area contributed by atoms with Crippen molar-refractivity contribution in [1.82, 2.24) is 0 Å². The van der Waals surface area contributed by atoms with Crippen molar-refractivity contribution in [2.45, 2.75) is 37.7 Å². The number of rotatable bonds is 6. The van der Waals surface area contributed by atoms with E-state index in [0.717, 1.165) is 0 Å². The summed E-state index contributed by atoms with van der Waals surface area (Å²) in [5.74, 6) is 0.311. The summed E-state index contributed by atoms with van der Waals surface area (Å²) in [5, 5.41) is 32.2. The molecule has 0 fully saturated rings. The van der Waals surface area contributed by atoms with Crippen LogP contribution in [0, 0.1) is 0 Å². The first kappa shape index (κ1) is 14.6. The molecular weight excluding hydrogens is 268 g/mol. The molecule has 1 aromatic rings. The minimum Gasteiger partial charge on any atom is -0.433 e. The molecule has 0 saturated heterocycles. The van der Waals surface area contributed by atoms with E-state index in [2.05, 4.69) is 10.0 Å². The van der Waals surface area contributed by atoms with Crippen molar-refractivity contribution >= 4 is 0 Å². The average Bonchev–Trinajstić information content (AvgIpc) is 2.85. The second-order valence-electron chi connectivity index (χ2n) is 4.52. The lowest BCUT2D eigenvalue weighted by Crippen LogP contribution is -2.46. The van der Waals surface area contributed by atoms with Crippen molar-refractivity contribution in [3.05, 3.63) is 22.3 Å². The van der Waals surface area contributed by atoms with Gasteiger partial charge < -0.3 is 20.1 Å². The number of azide groups is 1. The van der Waals surface area contributed by atoms with Gasteiger partial charge in [-0.1, -0.05) is 5.11 Å². The molecule has 9 heteroatoms. The molecular formula is C11H17N4O5+. The van der Waals surface area contributed by atoms with Crippen LogP contribution in [0.25, 0.3) is 10.4 Å². The van der Waals surface area contributed by atoms with Crippen LogP contribution in [0.3, 0.4) is 0 Å². The number of aliphatic hydroxyl groups excluding tert-OH is 3. The summed E-state index contributed by atoms with van der Waals surface area (Å²) in [6, 6.07) is 0. The fourth-order valence-electron chi connectivity index (χ4n) is 2.07. The first-order valence-electron chi connectivity index (χ1n) is 6.35. The van der Waals surface area contributed by atoms with E-state index in [1.807, 2.05) is 0 Å². The molecule has 3 N–H and O–H groups in total. The van der Waals surface area contributed by atoms with E-state index in [4.69, 9.17) is 19.9 Å². The number of ether oxygens (including phenoxy) is 1. The average molecular weight is 285 g/mol. The normalized spacial score (nSPS) is 24.6. The summed E-state index contributed by atoms with van der Waals surface area (Å²) in [6.07, 6.45) is -0.502. The molecule has 0 aromatic carbocycles. The molecule has 1 aromatic heterocycles. The maximum absolute atomic E-state index is 9.92. The van der Waals surface area contributed by atoms with Gasteiger partial charge in [-0.3, -0.25) is 0 Å². The molecule has 0 bridgehead atoms. The predicted octanol–water partition coefficient (Wildman–Crippen LogP) is -0.195. The summed E-state index contributed by atoms with van der Waals surface area (Å²) in [5.41, 5.74) is 8.52. The van der Waals surface area contributed by atoms with Gasteiger partial charge in [-0.15, -0.1) is 0 Å². The highest BCUT2D eigenvalue weighted by Crippen LogP contribution is 2.32. The highest BCUT2D eigenvalue weighted by atomic mass is 16.6. The van der Waals surface area contributed by atoms with Crippen molar-refractivity contribution in [2.24, 2.45) is 5.11 Å². The number of aryl methyl sites for hydroxylation is 1. The molecule has 0 saturated carbocycles. The van der Waals surface area contributed by atoms with E-state index in [1.54, 1.807) is 0 Å². The maximum atomic E-state index is 9.92. The molecule has 2 heterocycles. The topological polar surface area (TPSA) is 136 Å². The lowest BCUT2D eigenvalue weighted by atomic mass is 10.0. The van der Waals surface area contributed by atoms with Crippen LogP contribution in [0.5, 0.6) is 5.88 Å². The molecule has 0 amide bonds. The van der Waals surface area contributed by atoms with Crippen molar-refractivity contribution < 1.29 is 29.3 Å². The van der Waals surface area contributed by atoms with E-state index in [1.165, 1.54) is 11.0 Å². The van der Waals surface area contributed by atoms with Crippen molar-refractivity contribution in [1.29, 1.82) is 0 Å². The highest BCUT2D eigenvalue weighted by Gasteiger charge is 2.43. The number of aliphatic hydroxyl groups is 3. The Bertz CT molecular complexity index is 499. The minimum atomic E-state index is -1.19. The third kappa shape index (κ3) is 2.86. The van der Waals surface area contributed by atoms with Crippen molar-refractivity contribution in [2.75, 3.05) is 13.2 Å². The molecule has 0 radical (unpaired) electrons. The summed E-state index contributed by atoms with van der Waals surface area (Å²) >= 11 is 0. The van der Waals surface area contributed by atoms with Crippen LogP contribution in [0.15, 0.2) is 15.9 Å². The Morgan fingerprint density at radius 2 is 2.20 bits per heavy atom. The van der Waals surface area contributed by atoms with Crippen molar-refractivity contribution in [3.8, 4) is 5.88 Å². The third-order valence-corrected chi connectivity index (χ3v) is 3.18. The lowest BCUT2D eigenvalue weighted by Gasteiger charge is -2.27. The monoisotopic (exact) mass is 285 g/mol. The fourth-order valence-corrected chi connectivity index (χ4v) is 2.07. The molecule has 1 aliphatic heterocycles. The van der Waals surface area contributed by atoms with Gasteiger partial charge in [-0.05, 0) is 12.0 Å². The molecule has 2 rings (SSSR count). The number of hydrogen-bond donors (Lipinski definition) is 3. The second-order valence-corrected chi connectivity index (χ2v) is 4.52. The minimum absolute atomic E-state index is 0.311. The van der Waals surface area contributed by atoms with Gasteiger partial charge in [0.15, 0.2) is 18.9 Å². The quantitative estimate of drug-likeness (QED) is 0.219. The fraction of sp³-hybridized carbons (Fsp3) is 0.727. The van der Waals surface area contributed by atoms with Crippen LogP contribution >= 0.6 is 0 Å². The van der Waals surface area contributed by atoms with E-state index in [9.17, 15) is 10.2 Å². The zero-order chi connectivity index (χ0) is 14.5. The number of fused-ring (bicyclic) bond motifs is 1. The third-order valence-electron chi connectivity index (χ3n) is 3.18. The van der Waals surface area contributed by atoms with Crippen LogP contribution < -0.4 is 9.48 Å². The number of aromatic nitrogens is 1. The zero-order valence-electron chi connectivity index (χ0n) is 10.8. The number of unbranched alkanes of at least 4 members (excludes halogenated alkanes) is 1. The van der Waals surface area contributed by atoms with Crippen LogP contribution in [-0.2, 0) is 6.54 Å². The van der Waals surface area contributed by atoms with Gasteiger partial charge in [0.25, 0.3) is 0 Å². The van der Waals surface area contributed by atoms with Gasteiger partial charge in [0.2, 0.25) is 0 Å². The first-order valence-corrected chi connectivity index (χ1v) is 6.35. The van der Waals surface area contributed by atoms with Gasteiger partial charge in [0.05, 0.1) is 6.61 Å². The second kappa shape index (κ2) is 6.58. The molecule has 20 heavy (non-hydrogen) atoms. The van der Waals surface area contributed by atoms with Crippen LogP contribution in [-0.4, -0.2) is 40.7 Å². The summed E-state index contributed by atoms with van der Waals surface area (Å²) in [7, 11) is 0. The Balaban J connectivity index is 2.03. The molecule has 0 spiro atoms. The van der Waals surface area contributed by atoms with Crippen molar-refractivity contribution in [3.63, 3.8) is 0 Å². The highest BCUT2D eigenvalue weighted by molar-refractivity contribution is 5.24. The Morgan fingerprint density at radius 1 is 1.40 bits per heavy atom. The maximum Gasteiger partial charge on any atom is 0.421 e.